The Kier molecular flexibility index (Phi) is 4.05. The third-order valence-corrected chi connectivity index (χ3v) is 4.41. The van der Waals surface area contributed by atoms with E-state index in [1.807, 2.05) is 11.4 Å². The van der Waals surface area contributed by atoms with Gasteiger partial charge in [-0.05, 0) is 45.6 Å². The van der Waals surface area contributed by atoms with Crippen LogP contribution < -0.4 is 11.1 Å². The summed E-state index contributed by atoms with van der Waals surface area (Å²) < 4.78 is 39.5. The molecule has 0 unspecified atom stereocenters. The first-order valence-electron chi connectivity index (χ1n) is 5.30. The number of rotatable bonds is 3. The number of nitrogens with one attached hydrogen (secondary N) is 1. The highest BCUT2D eigenvalue weighted by Gasteiger charge is 2.33. The molecule has 0 aliphatic carbocycles. The van der Waals surface area contributed by atoms with Gasteiger partial charge in [0, 0.05) is 20.7 Å². The Morgan fingerprint density at radius 3 is 2.58 bits per heavy atom. The van der Waals surface area contributed by atoms with Crippen molar-refractivity contribution in [2.24, 2.45) is 0 Å². The van der Waals surface area contributed by atoms with Crippen molar-refractivity contribution in [1.29, 1.82) is 0 Å². The second-order valence-corrected chi connectivity index (χ2v) is 5.70. The van der Waals surface area contributed by atoms with Crippen LogP contribution in [0.3, 0.4) is 0 Å². The van der Waals surface area contributed by atoms with Gasteiger partial charge in [-0.1, -0.05) is 0 Å². The molecule has 102 valence electrons. The molecule has 0 atom stereocenters. The largest absolute Gasteiger partial charge is 0.418 e. The van der Waals surface area contributed by atoms with Gasteiger partial charge in [0.25, 0.3) is 0 Å². The summed E-state index contributed by atoms with van der Waals surface area (Å²) in [7, 11) is 0. The van der Waals surface area contributed by atoms with Crippen molar-refractivity contribution < 1.29 is 13.2 Å². The number of benzene rings is 1. The monoisotopic (exact) mass is 350 g/mol. The molecule has 0 fully saturated rings. The Bertz CT molecular complexity index is 581. The fourth-order valence-electron chi connectivity index (χ4n) is 1.58. The molecule has 0 saturated heterocycles. The molecular formula is C12H10BrF3N2S. The SMILES string of the molecule is Nc1ccc(NCc2sccc2Br)c(C(F)(F)F)c1. The first-order chi connectivity index (χ1) is 8.88. The van der Waals surface area contributed by atoms with E-state index in [1.54, 1.807) is 0 Å². The average Bonchev–Trinajstić information content (AvgIpc) is 2.72. The van der Waals surface area contributed by atoms with Gasteiger partial charge in [0.15, 0.2) is 0 Å². The Labute approximate surface area is 120 Å². The fourth-order valence-corrected chi connectivity index (χ4v) is 3.01. The molecule has 3 N–H and O–H groups in total. The van der Waals surface area contributed by atoms with Crippen LogP contribution in [0.2, 0.25) is 0 Å². The van der Waals surface area contributed by atoms with Crippen LogP contribution in [-0.4, -0.2) is 0 Å². The number of alkyl halides is 3. The fraction of sp³-hybridized carbons (Fsp3) is 0.167. The Hall–Kier alpha value is -1.21. The van der Waals surface area contributed by atoms with Gasteiger partial charge in [-0.15, -0.1) is 11.3 Å². The first kappa shape index (κ1) is 14.2. The summed E-state index contributed by atoms with van der Waals surface area (Å²) >= 11 is 4.81. The Balaban J connectivity index is 2.23. The molecular weight excluding hydrogens is 341 g/mol. The molecule has 1 aromatic carbocycles. The molecule has 1 aromatic heterocycles. The van der Waals surface area contributed by atoms with Crippen LogP contribution in [0.1, 0.15) is 10.4 Å². The van der Waals surface area contributed by atoms with Gasteiger partial charge in [0.05, 0.1) is 12.1 Å². The molecule has 0 amide bonds. The standard InChI is InChI=1S/C12H10BrF3N2S/c13-9-3-4-19-11(9)6-18-10-2-1-7(17)5-8(10)12(14,15)16/h1-5,18H,6,17H2. The predicted octanol–water partition coefficient (Wildman–Crippen LogP) is 4.72. The summed E-state index contributed by atoms with van der Waals surface area (Å²) in [6.45, 7) is 0.325. The van der Waals surface area contributed by atoms with Crippen LogP contribution in [0.25, 0.3) is 0 Å². The van der Waals surface area contributed by atoms with E-state index in [2.05, 4.69) is 21.2 Å². The van der Waals surface area contributed by atoms with Gasteiger partial charge in [0.2, 0.25) is 0 Å². The minimum Gasteiger partial charge on any atom is -0.399 e. The molecule has 0 bridgehead atoms. The van der Waals surface area contributed by atoms with Crippen molar-refractivity contribution in [1.82, 2.24) is 0 Å². The number of hydrogen-bond acceptors (Lipinski definition) is 3. The maximum atomic E-state index is 12.9. The molecule has 0 radical (unpaired) electrons. The predicted molar refractivity (Wildman–Crippen MR) is 75.2 cm³/mol. The second kappa shape index (κ2) is 5.42. The van der Waals surface area contributed by atoms with Crippen LogP contribution in [0.15, 0.2) is 34.1 Å². The highest BCUT2D eigenvalue weighted by molar-refractivity contribution is 9.10. The topological polar surface area (TPSA) is 38.0 Å². The van der Waals surface area contributed by atoms with Crippen LogP contribution in [-0.2, 0) is 12.7 Å². The van der Waals surface area contributed by atoms with Gasteiger partial charge in [-0.3, -0.25) is 0 Å². The van der Waals surface area contributed by atoms with Crippen molar-refractivity contribution in [3.05, 3.63) is 44.6 Å². The van der Waals surface area contributed by atoms with Gasteiger partial charge in [-0.25, -0.2) is 0 Å². The molecule has 19 heavy (non-hydrogen) atoms. The molecule has 0 saturated carbocycles. The molecule has 0 spiro atoms. The van der Waals surface area contributed by atoms with Crippen LogP contribution in [0.4, 0.5) is 24.5 Å². The normalized spacial score (nSPS) is 11.6. The van der Waals surface area contributed by atoms with Gasteiger partial charge < -0.3 is 11.1 Å². The molecule has 0 aliphatic heterocycles. The van der Waals surface area contributed by atoms with Crippen LogP contribution >= 0.6 is 27.3 Å². The number of halogens is 4. The number of hydrogen-bond donors (Lipinski definition) is 2. The number of nitrogen functional groups attached to an aromatic ring is 1. The summed E-state index contributed by atoms with van der Waals surface area (Å²) in [4.78, 5) is 0.935. The smallest absolute Gasteiger partial charge is 0.399 e. The van der Waals surface area contributed by atoms with Crippen molar-refractivity contribution >= 4 is 38.6 Å². The summed E-state index contributed by atoms with van der Waals surface area (Å²) in [5.74, 6) is 0. The van der Waals surface area contributed by atoms with E-state index < -0.39 is 11.7 Å². The van der Waals surface area contributed by atoms with Gasteiger partial charge >= 0.3 is 6.18 Å². The summed E-state index contributed by atoms with van der Waals surface area (Å²) in [5, 5.41) is 4.66. The average molecular weight is 351 g/mol. The lowest BCUT2D eigenvalue weighted by molar-refractivity contribution is -0.136. The van der Waals surface area contributed by atoms with E-state index >= 15 is 0 Å². The highest BCUT2D eigenvalue weighted by atomic mass is 79.9. The minimum atomic E-state index is -4.43. The summed E-state index contributed by atoms with van der Waals surface area (Å²) in [5.41, 5.74) is 4.78. The van der Waals surface area contributed by atoms with E-state index in [0.717, 1.165) is 15.4 Å². The Morgan fingerprint density at radius 1 is 1.26 bits per heavy atom. The van der Waals surface area contributed by atoms with Crippen LogP contribution in [0, 0.1) is 0 Å². The van der Waals surface area contributed by atoms with Crippen molar-refractivity contribution in [3.8, 4) is 0 Å². The van der Waals surface area contributed by atoms with Crippen molar-refractivity contribution in [3.63, 3.8) is 0 Å². The van der Waals surface area contributed by atoms with E-state index in [0.29, 0.717) is 6.54 Å². The maximum Gasteiger partial charge on any atom is 0.418 e. The van der Waals surface area contributed by atoms with E-state index in [9.17, 15) is 13.2 Å². The zero-order valence-electron chi connectivity index (χ0n) is 9.59. The molecule has 1 heterocycles. The molecule has 2 rings (SSSR count). The number of nitrogens with two attached hydrogens (primary N) is 1. The highest BCUT2D eigenvalue weighted by Crippen LogP contribution is 2.36. The van der Waals surface area contributed by atoms with Crippen molar-refractivity contribution in [2.75, 3.05) is 11.1 Å². The van der Waals surface area contributed by atoms with Crippen molar-refractivity contribution in [2.45, 2.75) is 12.7 Å². The summed E-state index contributed by atoms with van der Waals surface area (Å²) in [6.07, 6.45) is -4.43. The lowest BCUT2D eigenvalue weighted by Gasteiger charge is -2.15. The van der Waals surface area contributed by atoms with E-state index in [4.69, 9.17) is 5.73 Å². The molecule has 2 aromatic rings. The molecule has 2 nitrogen and oxygen atoms in total. The lowest BCUT2D eigenvalue weighted by atomic mass is 10.1. The number of thiophene rings is 1. The first-order valence-corrected chi connectivity index (χ1v) is 6.97. The third kappa shape index (κ3) is 3.42. The Morgan fingerprint density at radius 2 is 2.00 bits per heavy atom. The second-order valence-electron chi connectivity index (χ2n) is 3.85. The summed E-state index contributed by atoms with van der Waals surface area (Å²) in [6, 6.07) is 5.59. The molecule has 0 aliphatic rings. The number of anilines is 2. The van der Waals surface area contributed by atoms with Gasteiger partial charge in [-0.2, -0.15) is 13.2 Å². The minimum absolute atomic E-state index is 0.0296. The van der Waals surface area contributed by atoms with E-state index in [-0.39, 0.29) is 11.4 Å². The zero-order chi connectivity index (χ0) is 14.0. The lowest BCUT2D eigenvalue weighted by Crippen LogP contribution is -2.11. The molecule has 7 heteroatoms. The quantitative estimate of drug-likeness (QED) is 0.785. The van der Waals surface area contributed by atoms with Crippen LogP contribution in [0.5, 0.6) is 0 Å². The van der Waals surface area contributed by atoms with Gasteiger partial charge in [0.1, 0.15) is 0 Å². The third-order valence-electron chi connectivity index (χ3n) is 2.48. The maximum absolute atomic E-state index is 12.9. The zero-order valence-corrected chi connectivity index (χ0v) is 12.0. The van der Waals surface area contributed by atoms with E-state index in [1.165, 1.54) is 23.5 Å².